The van der Waals surface area contributed by atoms with Crippen molar-refractivity contribution in [2.24, 2.45) is 0 Å². The van der Waals surface area contributed by atoms with E-state index in [0.29, 0.717) is 46.2 Å². The van der Waals surface area contributed by atoms with Crippen molar-refractivity contribution in [3.63, 3.8) is 0 Å². The predicted molar refractivity (Wildman–Crippen MR) is 90.9 cm³/mol. The van der Waals surface area contributed by atoms with Gasteiger partial charge in [-0.1, -0.05) is 17.7 Å². The summed E-state index contributed by atoms with van der Waals surface area (Å²) < 4.78 is 23.7. The Bertz CT molecular complexity index is 476. The maximum atomic E-state index is 5.69. The van der Waals surface area contributed by atoms with Crippen molar-refractivity contribution in [3.05, 3.63) is 18.3 Å². The number of terminal acetylenes is 1. The summed E-state index contributed by atoms with van der Waals surface area (Å²) in [6, 6.07) is 4.02. The number of rotatable bonds is 13. The minimum absolute atomic E-state index is 0.327. The normalized spacial score (nSPS) is 10.5. The van der Waals surface area contributed by atoms with E-state index in [2.05, 4.69) is 23.7 Å². The summed E-state index contributed by atoms with van der Waals surface area (Å²) in [5.41, 5.74) is 0. The van der Waals surface area contributed by atoms with Crippen molar-refractivity contribution < 1.29 is 23.5 Å². The van der Waals surface area contributed by atoms with E-state index in [4.69, 9.17) is 25.4 Å². The van der Waals surface area contributed by atoms with Crippen LogP contribution in [0.5, 0.6) is 5.75 Å². The highest BCUT2D eigenvalue weighted by molar-refractivity contribution is 7.98. The highest BCUT2D eigenvalue weighted by Crippen LogP contribution is 2.16. The van der Waals surface area contributed by atoms with E-state index in [1.165, 1.54) is 5.03 Å². The second-order valence-electron chi connectivity index (χ2n) is 4.52. The Hall–Kier alpha value is -1.26. The van der Waals surface area contributed by atoms with Crippen LogP contribution in [0.15, 0.2) is 23.4 Å². The molecule has 0 aliphatic heterocycles. The summed E-state index contributed by atoms with van der Waals surface area (Å²) >= 11 is 1.71. The molecule has 5 nitrogen and oxygen atoms in total. The number of hydrogen-bond donors (Lipinski definition) is 0. The molecule has 0 N–H and O–H groups in total. The van der Waals surface area contributed by atoms with Crippen LogP contribution >= 0.6 is 11.8 Å². The average Bonchev–Trinajstić information content (AvgIpc) is 2.59. The lowest BCUT2D eigenvalue weighted by Gasteiger charge is -2.08. The van der Waals surface area contributed by atoms with Gasteiger partial charge in [-0.2, -0.15) is 4.57 Å². The number of aryl methyl sites for hydroxylation is 1. The van der Waals surface area contributed by atoms with Gasteiger partial charge >= 0.3 is 0 Å². The van der Waals surface area contributed by atoms with E-state index in [0.717, 1.165) is 12.3 Å². The summed E-state index contributed by atoms with van der Waals surface area (Å²) in [6.45, 7) is 6.58. The SMILES string of the molecule is C#CCOCCOCCOCCOc1cc[n+](CC)c(SC)c1. The van der Waals surface area contributed by atoms with E-state index >= 15 is 0 Å². The number of hydrogen-bond acceptors (Lipinski definition) is 5. The summed E-state index contributed by atoms with van der Waals surface area (Å²) in [4.78, 5) is 0. The van der Waals surface area contributed by atoms with E-state index in [1.54, 1.807) is 11.8 Å². The Morgan fingerprint density at radius 1 is 1.09 bits per heavy atom. The van der Waals surface area contributed by atoms with Crippen LogP contribution in [0, 0.1) is 12.3 Å². The Kier molecular flexibility index (Phi) is 11.4. The molecule has 0 saturated heterocycles. The average molecular weight is 340 g/mol. The van der Waals surface area contributed by atoms with E-state index < -0.39 is 0 Å². The molecule has 0 radical (unpaired) electrons. The first-order valence-electron chi connectivity index (χ1n) is 7.68. The lowest BCUT2D eigenvalue weighted by atomic mass is 10.4. The molecule has 0 aliphatic carbocycles. The first kappa shape index (κ1) is 19.8. The minimum Gasteiger partial charge on any atom is -0.491 e. The topological polar surface area (TPSA) is 40.8 Å². The molecule has 128 valence electrons. The van der Waals surface area contributed by atoms with Crippen molar-refractivity contribution in [1.82, 2.24) is 0 Å². The minimum atomic E-state index is 0.327. The number of pyridine rings is 1. The quantitative estimate of drug-likeness (QED) is 0.237. The Labute approximate surface area is 143 Å². The fourth-order valence-electron chi connectivity index (χ4n) is 1.81. The first-order valence-corrected chi connectivity index (χ1v) is 8.91. The molecular weight excluding hydrogens is 314 g/mol. The molecule has 0 amide bonds. The fraction of sp³-hybridized carbons (Fsp3) is 0.588. The highest BCUT2D eigenvalue weighted by atomic mass is 32.2. The van der Waals surface area contributed by atoms with Crippen LogP contribution in [0.1, 0.15) is 6.92 Å². The number of aromatic nitrogens is 1. The van der Waals surface area contributed by atoms with Gasteiger partial charge in [0.25, 0.3) is 0 Å². The highest BCUT2D eigenvalue weighted by Gasteiger charge is 2.09. The van der Waals surface area contributed by atoms with Crippen LogP contribution in [0.2, 0.25) is 0 Å². The van der Waals surface area contributed by atoms with Crippen molar-refractivity contribution in [3.8, 4) is 18.1 Å². The van der Waals surface area contributed by atoms with Crippen LogP contribution in [-0.4, -0.2) is 52.5 Å². The Balaban J connectivity index is 2.04. The number of thioether (sulfide) groups is 1. The van der Waals surface area contributed by atoms with Gasteiger partial charge in [0, 0.05) is 6.07 Å². The molecule has 0 aliphatic rings. The van der Waals surface area contributed by atoms with Crippen molar-refractivity contribution >= 4 is 11.8 Å². The van der Waals surface area contributed by atoms with Crippen LogP contribution < -0.4 is 9.30 Å². The molecule has 0 aromatic carbocycles. The van der Waals surface area contributed by atoms with E-state index in [9.17, 15) is 0 Å². The Morgan fingerprint density at radius 3 is 2.35 bits per heavy atom. The predicted octanol–water partition coefficient (Wildman–Crippen LogP) is 1.78. The van der Waals surface area contributed by atoms with Gasteiger partial charge in [-0.15, -0.1) is 6.42 Å². The molecule has 0 unspecified atom stereocenters. The molecule has 0 saturated carbocycles. The molecule has 23 heavy (non-hydrogen) atoms. The van der Waals surface area contributed by atoms with Gasteiger partial charge < -0.3 is 18.9 Å². The maximum Gasteiger partial charge on any atom is 0.243 e. The summed E-state index contributed by atoms with van der Waals surface area (Å²) in [5, 5.41) is 1.19. The smallest absolute Gasteiger partial charge is 0.243 e. The lowest BCUT2D eigenvalue weighted by molar-refractivity contribution is -0.729. The van der Waals surface area contributed by atoms with E-state index in [1.807, 2.05) is 18.3 Å². The second-order valence-corrected chi connectivity index (χ2v) is 5.35. The molecule has 0 spiro atoms. The third-order valence-corrected chi connectivity index (χ3v) is 3.71. The standard InChI is InChI=1S/C17H26NO4S/c1-4-8-19-9-10-20-11-12-21-13-14-22-16-6-7-18(5-2)17(15-16)23-3/h1,6-7,15H,5,8-14H2,2-3H3/q+1. The third-order valence-electron chi connectivity index (χ3n) is 2.94. The van der Waals surface area contributed by atoms with Crippen molar-refractivity contribution in [2.75, 3.05) is 52.5 Å². The zero-order chi connectivity index (χ0) is 16.8. The van der Waals surface area contributed by atoms with Crippen LogP contribution in [0.4, 0.5) is 0 Å². The lowest BCUT2D eigenvalue weighted by Crippen LogP contribution is -2.34. The number of ether oxygens (including phenoxy) is 4. The summed E-state index contributed by atoms with van der Waals surface area (Å²) in [5.74, 6) is 3.27. The third kappa shape index (κ3) is 8.82. The van der Waals surface area contributed by atoms with Crippen LogP contribution in [0.3, 0.4) is 0 Å². The fourth-order valence-corrected chi connectivity index (χ4v) is 2.46. The van der Waals surface area contributed by atoms with Gasteiger partial charge in [0.15, 0.2) is 6.20 Å². The molecule has 1 rings (SSSR count). The van der Waals surface area contributed by atoms with Crippen molar-refractivity contribution in [2.45, 2.75) is 18.5 Å². The monoisotopic (exact) mass is 340 g/mol. The van der Waals surface area contributed by atoms with Crippen molar-refractivity contribution in [1.29, 1.82) is 0 Å². The van der Waals surface area contributed by atoms with Gasteiger partial charge in [0.1, 0.15) is 25.5 Å². The molecule has 1 heterocycles. The largest absolute Gasteiger partial charge is 0.491 e. The molecular formula is C17H26NO4S+. The van der Waals surface area contributed by atoms with Crippen LogP contribution in [0.25, 0.3) is 0 Å². The number of nitrogens with zero attached hydrogens (tertiary/aromatic N) is 1. The molecule has 0 atom stereocenters. The van der Waals surface area contributed by atoms with Gasteiger partial charge in [0.05, 0.1) is 39.1 Å². The molecule has 1 aromatic rings. The first-order chi connectivity index (χ1) is 11.3. The molecule has 0 fully saturated rings. The summed E-state index contributed by atoms with van der Waals surface area (Å²) in [7, 11) is 0. The van der Waals surface area contributed by atoms with Gasteiger partial charge in [-0.05, 0) is 13.2 Å². The maximum absolute atomic E-state index is 5.69. The van der Waals surface area contributed by atoms with Gasteiger partial charge in [-0.3, -0.25) is 0 Å². The van der Waals surface area contributed by atoms with Gasteiger partial charge in [0.2, 0.25) is 5.03 Å². The van der Waals surface area contributed by atoms with E-state index in [-0.39, 0.29) is 0 Å². The molecule has 0 bridgehead atoms. The zero-order valence-electron chi connectivity index (χ0n) is 14.0. The van der Waals surface area contributed by atoms with Gasteiger partial charge in [-0.25, -0.2) is 0 Å². The summed E-state index contributed by atoms with van der Waals surface area (Å²) in [6.07, 6.45) is 9.16. The molecule has 6 heteroatoms. The molecule has 1 aromatic heterocycles. The second kappa shape index (κ2) is 13.2. The Morgan fingerprint density at radius 2 is 1.74 bits per heavy atom. The van der Waals surface area contributed by atoms with Crippen LogP contribution in [-0.2, 0) is 20.8 Å². The zero-order valence-corrected chi connectivity index (χ0v) is 14.8.